The Hall–Kier alpha value is -1.55. The van der Waals surface area contributed by atoms with Crippen LogP contribution in [0.5, 0.6) is 0 Å². The second kappa shape index (κ2) is 14.4. The van der Waals surface area contributed by atoms with Crippen LogP contribution in [-0.2, 0) is 23.9 Å². The van der Waals surface area contributed by atoms with Gasteiger partial charge in [-0.3, -0.25) is 24.2 Å². The van der Waals surface area contributed by atoms with Crippen molar-refractivity contribution in [1.29, 1.82) is 0 Å². The van der Waals surface area contributed by atoms with Gasteiger partial charge in [-0.05, 0) is 43.9 Å². The summed E-state index contributed by atoms with van der Waals surface area (Å²) >= 11 is 16.8. The van der Waals surface area contributed by atoms with Crippen molar-refractivity contribution in [2.45, 2.75) is 88.6 Å². The first-order chi connectivity index (χ1) is 16.6. The molecule has 12 heteroatoms. The fraction of sp³-hybridized carbons (Fsp3) is 0.750. The number of alkyl halides is 3. The normalized spacial score (nSPS) is 18.2. The molecule has 0 aromatic carbocycles. The van der Waals surface area contributed by atoms with Gasteiger partial charge >= 0.3 is 5.97 Å². The number of nitrogens with zero attached hydrogens (tertiary/aromatic N) is 1. The van der Waals surface area contributed by atoms with E-state index in [1.54, 1.807) is 6.92 Å². The topological polar surface area (TPSA) is 117 Å². The zero-order chi connectivity index (χ0) is 27.7. The minimum atomic E-state index is -1.73. The summed E-state index contributed by atoms with van der Waals surface area (Å²) in [4.78, 5) is 50.7. The van der Waals surface area contributed by atoms with Gasteiger partial charge in [-0.25, -0.2) is 5.43 Å². The van der Waals surface area contributed by atoms with Crippen molar-refractivity contribution in [3.63, 3.8) is 0 Å². The Morgan fingerprint density at radius 2 is 1.81 bits per heavy atom. The lowest BCUT2D eigenvalue weighted by Crippen LogP contribution is -2.61. The lowest BCUT2D eigenvalue weighted by Gasteiger charge is -2.34. The SMILES string of the molecule is C=CCC(C)(C)CCC(=O)N[C@H](C(=O)N[C@@H](C)C(=O)N1CCC[C@@H](C(=O)OCC(Cl)(Cl)Cl)N1)C(C)C. The number of hydrogen-bond acceptors (Lipinski definition) is 6. The van der Waals surface area contributed by atoms with Crippen molar-refractivity contribution in [2.75, 3.05) is 13.2 Å². The number of allylic oxidation sites excluding steroid dienone is 1. The standard InChI is InChI=1S/C24H39Cl3N4O5/c1-7-11-23(5,6)12-10-18(32)29-19(15(2)3)20(33)28-16(4)21(34)31-13-8-9-17(30-31)22(35)36-14-24(25,26)27/h7,15-17,19,30H,1,8-14H2,2-6H3,(H,28,33)(H,29,32)/t16-,17-,19-/m0/s1. The Kier molecular flexibility index (Phi) is 13.0. The third kappa shape index (κ3) is 11.7. The Bertz CT molecular complexity index is 801. The summed E-state index contributed by atoms with van der Waals surface area (Å²) in [6, 6.07) is -2.48. The van der Waals surface area contributed by atoms with E-state index in [1.807, 2.05) is 19.9 Å². The van der Waals surface area contributed by atoms with Crippen molar-refractivity contribution in [2.24, 2.45) is 11.3 Å². The van der Waals surface area contributed by atoms with Crippen molar-refractivity contribution in [3.8, 4) is 0 Å². The molecule has 3 atom stereocenters. The number of carbonyl (C=O) groups excluding carboxylic acids is 4. The van der Waals surface area contributed by atoms with Gasteiger partial charge in [-0.15, -0.1) is 6.58 Å². The first kappa shape index (κ1) is 32.5. The summed E-state index contributed by atoms with van der Waals surface area (Å²) in [5, 5.41) is 6.75. The average Bonchev–Trinajstić information content (AvgIpc) is 2.78. The molecule has 0 saturated carbocycles. The monoisotopic (exact) mass is 568 g/mol. The first-order valence-corrected chi connectivity index (χ1v) is 13.2. The molecule has 1 heterocycles. The van der Waals surface area contributed by atoms with Crippen LogP contribution >= 0.6 is 34.8 Å². The molecule has 1 fully saturated rings. The van der Waals surface area contributed by atoms with Gasteiger partial charge in [0.05, 0.1) is 0 Å². The van der Waals surface area contributed by atoms with E-state index in [1.165, 1.54) is 5.01 Å². The van der Waals surface area contributed by atoms with Crippen LogP contribution in [0.3, 0.4) is 0 Å². The van der Waals surface area contributed by atoms with Crippen molar-refractivity contribution < 1.29 is 23.9 Å². The van der Waals surface area contributed by atoms with Gasteiger partial charge in [-0.2, -0.15) is 0 Å². The van der Waals surface area contributed by atoms with Crippen LogP contribution < -0.4 is 16.1 Å². The Morgan fingerprint density at radius 3 is 2.36 bits per heavy atom. The molecule has 0 radical (unpaired) electrons. The van der Waals surface area contributed by atoms with Gasteiger partial charge in [-0.1, -0.05) is 68.6 Å². The van der Waals surface area contributed by atoms with E-state index < -0.39 is 46.3 Å². The highest BCUT2D eigenvalue weighted by Gasteiger charge is 2.34. The maximum Gasteiger partial charge on any atom is 0.325 e. The molecule has 36 heavy (non-hydrogen) atoms. The summed E-state index contributed by atoms with van der Waals surface area (Å²) in [6.45, 7) is 13.0. The van der Waals surface area contributed by atoms with Gasteiger partial charge in [0, 0.05) is 13.0 Å². The molecule has 0 bridgehead atoms. The van der Waals surface area contributed by atoms with Gasteiger partial charge in [0.15, 0.2) is 0 Å². The number of amides is 3. The van der Waals surface area contributed by atoms with Crippen LogP contribution in [0.25, 0.3) is 0 Å². The Labute approximate surface area is 228 Å². The third-order valence-electron chi connectivity index (χ3n) is 5.84. The number of nitrogens with one attached hydrogen (secondary N) is 3. The molecule has 3 amide bonds. The van der Waals surface area contributed by atoms with Crippen LogP contribution in [0.15, 0.2) is 12.7 Å². The first-order valence-electron chi connectivity index (χ1n) is 12.1. The molecular formula is C24H39Cl3N4O5. The van der Waals surface area contributed by atoms with Crippen LogP contribution in [0, 0.1) is 11.3 Å². The lowest BCUT2D eigenvalue weighted by molar-refractivity contribution is -0.152. The Morgan fingerprint density at radius 1 is 1.17 bits per heavy atom. The number of ether oxygens (including phenoxy) is 1. The molecule has 0 spiro atoms. The summed E-state index contributed by atoms with van der Waals surface area (Å²) in [6.07, 6.45) is 4.52. The van der Waals surface area contributed by atoms with Gasteiger partial charge in [0.2, 0.25) is 15.6 Å². The Balaban J connectivity index is 2.67. The van der Waals surface area contributed by atoms with Crippen molar-refractivity contribution in [1.82, 2.24) is 21.1 Å². The van der Waals surface area contributed by atoms with E-state index in [9.17, 15) is 19.2 Å². The van der Waals surface area contributed by atoms with E-state index in [-0.39, 0.29) is 23.7 Å². The zero-order valence-corrected chi connectivity index (χ0v) is 23.9. The molecule has 0 unspecified atom stereocenters. The molecule has 1 aliphatic rings. The number of esters is 1. The van der Waals surface area contributed by atoms with Gasteiger partial charge in [0.1, 0.15) is 24.7 Å². The van der Waals surface area contributed by atoms with E-state index >= 15 is 0 Å². The quantitative estimate of drug-likeness (QED) is 0.188. The number of rotatable bonds is 12. The molecule has 9 nitrogen and oxygen atoms in total. The smallest absolute Gasteiger partial charge is 0.325 e. The maximum absolute atomic E-state index is 12.9. The fourth-order valence-electron chi connectivity index (χ4n) is 3.69. The number of carbonyl (C=O) groups is 4. The molecular weight excluding hydrogens is 531 g/mol. The minimum Gasteiger partial charge on any atom is -0.460 e. The van der Waals surface area contributed by atoms with Crippen LogP contribution in [0.4, 0.5) is 0 Å². The second-order valence-electron chi connectivity index (χ2n) is 10.2. The van der Waals surface area contributed by atoms with E-state index in [2.05, 4.69) is 36.5 Å². The summed E-state index contributed by atoms with van der Waals surface area (Å²) in [5.74, 6) is -1.95. The molecule has 1 rings (SSSR count). The van der Waals surface area contributed by atoms with Crippen LogP contribution in [0.1, 0.15) is 66.7 Å². The minimum absolute atomic E-state index is 0.0671. The second-order valence-corrected chi connectivity index (χ2v) is 12.7. The highest BCUT2D eigenvalue weighted by molar-refractivity contribution is 6.67. The molecule has 1 aliphatic heterocycles. The number of hydrogen-bond donors (Lipinski definition) is 3. The van der Waals surface area contributed by atoms with Gasteiger partial charge < -0.3 is 15.4 Å². The highest BCUT2D eigenvalue weighted by Crippen LogP contribution is 2.27. The fourth-order valence-corrected chi connectivity index (χ4v) is 3.86. The van der Waals surface area contributed by atoms with Crippen LogP contribution in [-0.4, -0.2) is 63.8 Å². The summed E-state index contributed by atoms with van der Waals surface area (Å²) < 4.78 is 3.26. The van der Waals surface area contributed by atoms with E-state index in [0.717, 1.165) is 6.42 Å². The maximum atomic E-state index is 12.9. The zero-order valence-electron chi connectivity index (χ0n) is 21.7. The van der Waals surface area contributed by atoms with E-state index in [0.29, 0.717) is 25.8 Å². The van der Waals surface area contributed by atoms with Crippen molar-refractivity contribution >= 4 is 58.5 Å². The van der Waals surface area contributed by atoms with Gasteiger partial charge in [0.25, 0.3) is 5.91 Å². The average molecular weight is 570 g/mol. The predicted octanol–water partition coefficient (Wildman–Crippen LogP) is 3.42. The molecule has 0 aromatic heterocycles. The van der Waals surface area contributed by atoms with E-state index in [4.69, 9.17) is 39.5 Å². The molecule has 1 saturated heterocycles. The van der Waals surface area contributed by atoms with Crippen LogP contribution in [0.2, 0.25) is 0 Å². The van der Waals surface area contributed by atoms with Crippen molar-refractivity contribution in [3.05, 3.63) is 12.7 Å². The summed E-state index contributed by atoms with van der Waals surface area (Å²) in [7, 11) is 0. The molecule has 0 aromatic rings. The molecule has 206 valence electrons. The predicted molar refractivity (Wildman–Crippen MR) is 141 cm³/mol. The molecule has 0 aliphatic carbocycles. The molecule has 3 N–H and O–H groups in total. The number of hydrazine groups is 1. The summed E-state index contributed by atoms with van der Waals surface area (Å²) in [5.41, 5.74) is 2.75. The third-order valence-corrected chi connectivity index (χ3v) is 6.16. The lowest BCUT2D eigenvalue weighted by atomic mass is 9.84. The number of halogens is 3. The largest absolute Gasteiger partial charge is 0.460 e. The highest BCUT2D eigenvalue weighted by atomic mass is 35.6.